The molecule has 0 saturated carbocycles. The van der Waals surface area contributed by atoms with E-state index in [1.54, 1.807) is 18.7 Å². The Morgan fingerprint density at radius 2 is 2.06 bits per heavy atom. The van der Waals surface area contributed by atoms with Crippen molar-refractivity contribution in [3.8, 4) is 0 Å². The average molecular weight is 257 g/mol. The average Bonchev–Trinajstić information content (AvgIpc) is 2.84. The van der Waals surface area contributed by atoms with Gasteiger partial charge in [0, 0.05) is 13.1 Å². The van der Waals surface area contributed by atoms with E-state index in [2.05, 4.69) is 5.32 Å². The lowest BCUT2D eigenvalue weighted by Crippen LogP contribution is -2.57. The van der Waals surface area contributed by atoms with E-state index >= 15 is 0 Å². The van der Waals surface area contributed by atoms with Crippen molar-refractivity contribution < 1.29 is 14.7 Å². The van der Waals surface area contributed by atoms with Crippen molar-refractivity contribution in [2.45, 2.75) is 38.6 Å². The maximum atomic E-state index is 12.1. The highest BCUT2D eigenvalue weighted by Crippen LogP contribution is 2.19. The number of carbonyl (C=O) groups is 2. The van der Waals surface area contributed by atoms with Crippen LogP contribution in [0.5, 0.6) is 0 Å². The van der Waals surface area contributed by atoms with Gasteiger partial charge in [0.15, 0.2) is 0 Å². The van der Waals surface area contributed by atoms with Crippen LogP contribution in [0.3, 0.4) is 0 Å². The molecule has 0 aromatic rings. The second-order valence-corrected chi connectivity index (χ2v) is 4.86. The second-order valence-electron chi connectivity index (χ2n) is 4.86. The summed E-state index contributed by atoms with van der Waals surface area (Å²) in [6.07, 6.45) is 1.64. The lowest BCUT2D eigenvalue weighted by Gasteiger charge is -2.30. The minimum absolute atomic E-state index is 0.294. The first-order chi connectivity index (χ1) is 8.49. The Balaban J connectivity index is 2.65. The molecule has 0 bridgehead atoms. The van der Waals surface area contributed by atoms with Gasteiger partial charge in [-0.15, -0.1) is 0 Å². The number of urea groups is 1. The zero-order valence-electron chi connectivity index (χ0n) is 11.1. The predicted molar refractivity (Wildman–Crippen MR) is 68.2 cm³/mol. The number of nitrogens with two attached hydrogens (primary N) is 1. The lowest BCUT2D eigenvalue weighted by molar-refractivity contribution is -0.144. The third-order valence-electron chi connectivity index (χ3n) is 3.87. The molecule has 1 saturated heterocycles. The minimum Gasteiger partial charge on any atom is -0.480 e. The number of carboxylic acid groups (broad SMARTS) is 1. The summed E-state index contributed by atoms with van der Waals surface area (Å²) < 4.78 is 0. The van der Waals surface area contributed by atoms with E-state index in [1.165, 1.54) is 0 Å². The Morgan fingerprint density at radius 3 is 2.44 bits per heavy atom. The van der Waals surface area contributed by atoms with Crippen LogP contribution in [-0.4, -0.2) is 47.2 Å². The standard InChI is InChI=1S/C12H23N3O3/c1-3-12(4-2,10(16)17)14-11(18)15-6-5-9(7-13)8-15/h9H,3-8,13H2,1-2H3,(H,14,18)(H,16,17). The fourth-order valence-electron chi connectivity index (χ4n) is 2.28. The number of likely N-dealkylation sites (tertiary alicyclic amines) is 1. The molecule has 1 unspecified atom stereocenters. The number of hydrogen-bond donors (Lipinski definition) is 3. The molecule has 1 aliphatic heterocycles. The molecule has 4 N–H and O–H groups in total. The molecule has 1 fully saturated rings. The molecular weight excluding hydrogens is 234 g/mol. The molecule has 6 nitrogen and oxygen atoms in total. The van der Waals surface area contributed by atoms with E-state index in [9.17, 15) is 14.7 Å². The van der Waals surface area contributed by atoms with Gasteiger partial charge >= 0.3 is 12.0 Å². The number of carbonyl (C=O) groups excluding carboxylic acids is 1. The van der Waals surface area contributed by atoms with Gasteiger partial charge in [0.1, 0.15) is 5.54 Å². The maximum Gasteiger partial charge on any atom is 0.329 e. The van der Waals surface area contributed by atoms with Crippen LogP contribution in [0.1, 0.15) is 33.1 Å². The van der Waals surface area contributed by atoms with Crippen molar-refractivity contribution in [2.75, 3.05) is 19.6 Å². The highest BCUT2D eigenvalue weighted by molar-refractivity contribution is 5.86. The molecule has 18 heavy (non-hydrogen) atoms. The van der Waals surface area contributed by atoms with Crippen molar-refractivity contribution >= 4 is 12.0 Å². The molecule has 0 aromatic heterocycles. The predicted octanol–water partition coefficient (Wildman–Crippen LogP) is 0.620. The van der Waals surface area contributed by atoms with E-state index in [-0.39, 0.29) is 6.03 Å². The summed E-state index contributed by atoms with van der Waals surface area (Å²) in [5.74, 6) is -0.645. The van der Waals surface area contributed by atoms with E-state index in [4.69, 9.17) is 5.73 Å². The smallest absolute Gasteiger partial charge is 0.329 e. The van der Waals surface area contributed by atoms with Gasteiger partial charge in [-0.05, 0) is 31.7 Å². The normalized spacial score (nSPS) is 19.9. The molecule has 0 radical (unpaired) electrons. The topological polar surface area (TPSA) is 95.7 Å². The third-order valence-corrected chi connectivity index (χ3v) is 3.87. The third kappa shape index (κ3) is 2.93. The molecule has 6 heteroatoms. The van der Waals surface area contributed by atoms with Gasteiger partial charge in [-0.3, -0.25) is 0 Å². The number of rotatable bonds is 5. The van der Waals surface area contributed by atoms with E-state index in [0.29, 0.717) is 38.4 Å². The fourth-order valence-corrected chi connectivity index (χ4v) is 2.28. The largest absolute Gasteiger partial charge is 0.480 e. The van der Waals surface area contributed by atoms with Crippen molar-refractivity contribution in [3.63, 3.8) is 0 Å². The van der Waals surface area contributed by atoms with E-state index in [0.717, 1.165) is 6.42 Å². The zero-order valence-corrected chi connectivity index (χ0v) is 11.1. The molecule has 1 heterocycles. The molecule has 1 atom stereocenters. The summed E-state index contributed by atoms with van der Waals surface area (Å²) in [4.78, 5) is 25.0. The quantitative estimate of drug-likeness (QED) is 0.672. The van der Waals surface area contributed by atoms with Crippen molar-refractivity contribution in [2.24, 2.45) is 11.7 Å². The number of amides is 2. The van der Waals surface area contributed by atoms with Crippen LogP contribution in [0, 0.1) is 5.92 Å². The molecule has 1 aliphatic rings. The Bertz CT molecular complexity index is 316. The van der Waals surface area contributed by atoms with Gasteiger partial charge < -0.3 is 21.1 Å². The number of aliphatic carboxylic acids is 1. The fraction of sp³-hybridized carbons (Fsp3) is 0.833. The maximum absolute atomic E-state index is 12.1. The Kier molecular flexibility index (Phi) is 4.95. The first-order valence-corrected chi connectivity index (χ1v) is 6.49. The van der Waals surface area contributed by atoms with E-state index < -0.39 is 11.5 Å². The zero-order chi connectivity index (χ0) is 13.8. The molecule has 1 rings (SSSR count). The Labute approximate surface area is 108 Å². The first-order valence-electron chi connectivity index (χ1n) is 6.49. The molecule has 0 aliphatic carbocycles. The minimum atomic E-state index is -1.15. The SMILES string of the molecule is CCC(CC)(NC(=O)N1CCC(CN)C1)C(=O)O. The van der Waals surface area contributed by atoms with Gasteiger partial charge in [-0.2, -0.15) is 0 Å². The second kappa shape index (κ2) is 6.04. The highest BCUT2D eigenvalue weighted by Gasteiger charge is 2.38. The Hall–Kier alpha value is -1.30. The number of carboxylic acids is 1. The van der Waals surface area contributed by atoms with Gasteiger partial charge in [0.2, 0.25) is 0 Å². The molecule has 2 amide bonds. The van der Waals surface area contributed by atoms with Crippen LogP contribution in [0.15, 0.2) is 0 Å². The van der Waals surface area contributed by atoms with Crippen LogP contribution < -0.4 is 11.1 Å². The molecule has 0 spiro atoms. The van der Waals surface area contributed by atoms with Crippen molar-refractivity contribution in [1.82, 2.24) is 10.2 Å². The number of nitrogens with zero attached hydrogens (tertiary/aromatic N) is 1. The highest BCUT2D eigenvalue weighted by atomic mass is 16.4. The summed E-state index contributed by atoms with van der Waals surface area (Å²) in [7, 11) is 0. The van der Waals surface area contributed by atoms with Crippen LogP contribution in [0.25, 0.3) is 0 Å². The van der Waals surface area contributed by atoms with Crippen molar-refractivity contribution in [3.05, 3.63) is 0 Å². The van der Waals surface area contributed by atoms with E-state index in [1.807, 2.05) is 0 Å². The van der Waals surface area contributed by atoms with Crippen LogP contribution in [-0.2, 0) is 4.79 Å². The van der Waals surface area contributed by atoms with Gasteiger partial charge in [-0.25, -0.2) is 9.59 Å². The summed E-state index contributed by atoms with van der Waals surface area (Å²) in [6.45, 7) is 5.37. The summed E-state index contributed by atoms with van der Waals surface area (Å²) in [5.41, 5.74) is 4.42. The first kappa shape index (κ1) is 14.8. The van der Waals surface area contributed by atoms with Crippen LogP contribution in [0.2, 0.25) is 0 Å². The summed E-state index contributed by atoms with van der Waals surface area (Å²) in [5, 5.41) is 11.9. The summed E-state index contributed by atoms with van der Waals surface area (Å²) >= 11 is 0. The van der Waals surface area contributed by atoms with Crippen LogP contribution in [0.4, 0.5) is 4.79 Å². The van der Waals surface area contributed by atoms with Gasteiger partial charge in [0.05, 0.1) is 0 Å². The number of hydrogen-bond acceptors (Lipinski definition) is 3. The summed E-state index contributed by atoms with van der Waals surface area (Å²) in [6, 6.07) is -0.294. The lowest BCUT2D eigenvalue weighted by atomic mass is 9.93. The number of nitrogens with one attached hydrogen (secondary N) is 1. The monoisotopic (exact) mass is 257 g/mol. The van der Waals surface area contributed by atoms with Gasteiger partial charge in [0.25, 0.3) is 0 Å². The van der Waals surface area contributed by atoms with Crippen molar-refractivity contribution in [1.29, 1.82) is 0 Å². The Morgan fingerprint density at radius 1 is 1.44 bits per heavy atom. The molecular formula is C12H23N3O3. The van der Waals surface area contributed by atoms with Gasteiger partial charge in [-0.1, -0.05) is 13.8 Å². The van der Waals surface area contributed by atoms with Crippen LogP contribution >= 0.6 is 0 Å². The molecule has 104 valence electrons. The molecule has 0 aromatic carbocycles.